The number of para-hydroxylation sites is 1. The second-order valence-electron chi connectivity index (χ2n) is 5.84. The lowest BCUT2D eigenvalue weighted by atomic mass is 10.0. The zero-order valence-electron chi connectivity index (χ0n) is 13.0. The summed E-state index contributed by atoms with van der Waals surface area (Å²) in [5, 5.41) is 25.0. The topological polar surface area (TPSA) is 87.8 Å². The van der Waals surface area contributed by atoms with E-state index in [1.165, 1.54) is 4.90 Å². The maximum atomic E-state index is 12.4. The van der Waals surface area contributed by atoms with Crippen molar-refractivity contribution in [2.75, 3.05) is 20.3 Å². The van der Waals surface area contributed by atoms with Gasteiger partial charge in [-0.15, -0.1) is 0 Å². The van der Waals surface area contributed by atoms with Gasteiger partial charge >= 0.3 is 0 Å². The van der Waals surface area contributed by atoms with E-state index in [0.717, 1.165) is 10.9 Å². The zero-order chi connectivity index (χ0) is 16.4. The van der Waals surface area contributed by atoms with Crippen LogP contribution in [0.1, 0.15) is 6.42 Å². The number of likely N-dealkylation sites (N-methyl/N-ethyl adjacent to an activating group) is 1. The van der Waals surface area contributed by atoms with Crippen LogP contribution >= 0.6 is 0 Å². The first-order chi connectivity index (χ1) is 11.1. The average molecular weight is 319 g/mol. The smallest absolute Gasteiger partial charge is 0.224 e. The summed E-state index contributed by atoms with van der Waals surface area (Å²) in [6, 6.07) is 7.30. The second kappa shape index (κ2) is 6.66. The fraction of sp³-hybridized carbons (Fsp3) is 0.500. The number of hydrogen-bond donors (Lipinski definition) is 2. The van der Waals surface area contributed by atoms with E-state index >= 15 is 0 Å². The van der Waals surface area contributed by atoms with Gasteiger partial charge in [0.25, 0.3) is 0 Å². The number of benzene rings is 1. The maximum Gasteiger partial charge on any atom is 0.224 e. The van der Waals surface area contributed by atoms with Crippen LogP contribution in [0.3, 0.4) is 0 Å². The van der Waals surface area contributed by atoms with E-state index in [0.29, 0.717) is 6.54 Å². The highest BCUT2D eigenvalue weighted by atomic mass is 16.5. The number of aromatic nitrogens is 2. The molecule has 0 spiro atoms. The first kappa shape index (κ1) is 15.9. The van der Waals surface area contributed by atoms with Crippen molar-refractivity contribution >= 4 is 16.8 Å². The molecule has 0 unspecified atom stereocenters. The second-order valence-corrected chi connectivity index (χ2v) is 5.84. The number of aryl methyl sites for hydroxylation is 1. The summed E-state index contributed by atoms with van der Waals surface area (Å²) in [5.41, 5.74) is 0.986. The van der Waals surface area contributed by atoms with Crippen LogP contribution in [0.25, 0.3) is 10.9 Å². The lowest BCUT2D eigenvalue weighted by Gasteiger charge is -2.37. The molecular formula is C16H21N3O4. The molecule has 23 heavy (non-hydrogen) atoms. The van der Waals surface area contributed by atoms with Crippen molar-refractivity contribution < 1.29 is 19.7 Å². The Morgan fingerprint density at radius 1 is 1.39 bits per heavy atom. The van der Waals surface area contributed by atoms with Crippen molar-refractivity contribution in [2.45, 2.75) is 31.2 Å². The first-order valence-corrected chi connectivity index (χ1v) is 7.68. The average Bonchev–Trinajstić information content (AvgIpc) is 2.98. The number of fused-ring (bicyclic) bond motifs is 1. The van der Waals surface area contributed by atoms with E-state index in [1.807, 2.05) is 24.3 Å². The fourth-order valence-electron chi connectivity index (χ4n) is 2.87. The first-order valence-electron chi connectivity index (χ1n) is 7.68. The predicted octanol–water partition coefficient (Wildman–Crippen LogP) is 0.00540. The van der Waals surface area contributed by atoms with Crippen LogP contribution in [0.2, 0.25) is 0 Å². The molecule has 0 bridgehead atoms. The summed E-state index contributed by atoms with van der Waals surface area (Å²) >= 11 is 0. The Balaban J connectivity index is 1.62. The van der Waals surface area contributed by atoms with Crippen molar-refractivity contribution in [3.05, 3.63) is 30.5 Å². The molecule has 7 nitrogen and oxygen atoms in total. The number of amides is 1. The molecule has 1 aromatic heterocycles. The lowest BCUT2D eigenvalue weighted by Crippen LogP contribution is -2.56. The summed E-state index contributed by atoms with van der Waals surface area (Å²) in [7, 11) is 1.62. The van der Waals surface area contributed by atoms with Crippen molar-refractivity contribution in [3.8, 4) is 0 Å². The molecule has 2 N–H and O–H groups in total. The fourth-order valence-corrected chi connectivity index (χ4v) is 2.87. The maximum absolute atomic E-state index is 12.4. The van der Waals surface area contributed by atoms with Gasteiger partial charge in [0, 0.05) is 18.9 Å². The summed E-state index contributed by atoms with van der Waals surface area (Å²) in [5.74, 6) is -0.119. The van der Waals surface area contributed by atoms with Crippen LogP contribution in [0.4, 0.5) is 0 Å². The number of aliphatic hydroxyl groups excluding tert-OH is 2. The van der Waals surface area contributed by atoms with Gasteiger partial charge in [-0.25, -0.2) is 0 Å². The quantitative estimate of drug-likeness (QED) is 0.828. The van der Waals surface area contributed by atoms with Crippen LogP contribution in [0, 0.1) is 0 Å². The molecule has 124 valence electrons. The molecule has 1 aromatic carbocycles. The molecule has 0 saturated carbocycles. The number of rotatable bonds is 4. The molecular weight excluding hydrogens is 298 g/mol. The molecule has 0 aliphatic carbocycles. The summed E-state index contributed by atoms with van der Waals surface area (Å²) < 4.78 is 7.02. The molecule has 1 amide bonds. The van der Waals surface area contributed by atoms with E-state index in [2.05, 4.69) is 5.10 Å². The van der Waals surface area contributed by atoms with Crippen LogP contribution in [0.15, 0.2) is 30.5 Å². The Kier molecular flexibility index (Phi) is 4.61. The Bertz CT molecular complexity index is 687. The molecule has 2 heterocycles. The molecule has 1 aliphatic heterocycles. The molecule has 1 fully saturated rings. The highest BCUT2D eigenvalue weighted by Gasteiger charge is 2.35. The normalized spacial score (nSPS) is 24.7. The monoisotopic (exact) mass is 319 g/mol. The third-order valence-corrected chi connectivity index (χ3v) is 4.35. The Morgan fingerprint density at radius 3 is 3.00 bits per heavy atom. The van der Waals surface area contributed by atoms with E-state index in [4.69, 9.17) is 4.74 Å². The number of ether oxygens (including phenoxy) is 1. The van der Waals surface area contributed by atoms with Gasteiger partial charge in [0.05, 0.1) is 37.5 Å². The summed E-state index contributed by atoms with van der Waals surface area (Å²) in [6.45, 7) is 0.785. The zero-order valence-corrected chi connectivity index (χ0v) is 13.0. The van der Waals surface area contributed by atoms with E-state index in [1.54, 1.807) is 17.9 Å². The Morgan fingerprint density at radius 2 is 2.17 bits per heavy atom. The van der Waals surface area contributed by atoms with Gasteiger partial charge in [-0.05, 0) is 6.07 Å². The highest BCUT2D eigenvalue weighted by molar-refractivity contribution is 5.79. The highest BCUT2D eigenvalue weighted by Crippen LogP contribution is 2.16. The summed E-state index contributed by atoms with van der Waals surface area (Å²) in [6.07, 6.45) is 0.0994. The SMILES string of the molecule is CN(C(=O)CCn1ncc2ccccc21)[C@@H]1COC[C@@H](O)[C@H]1O. The summed E-state index contributed by atoms with van der Waals surface area (Å²) in [4.78, 5) is 13.8. The Labute approximate surface area is 134 Å². The third-order valence-electron chi connectivity index (χ3n) is 4.35. The van der Waals surface area contributed by atoms with E-state index in [-0.39, 0.29) is 25.5 Å². The number of aliphatic hydroxyl groups is 2. The van der Waals surface area contributed by atoms with Gasteiger partial charge in [0.2, 0.25) is 5.91 Å². The minimum atomic E-state index is -0.983. The molecule has 0 radical (unpaired) electrons. The van der Waals surface area contributed by atoms with Crippen LogP contribution < -0.4 is 0 Å². The molecule has 3 atom stereocenters. The molecule has 2 aromatic rings. The minimum Gasteiger partial charge on any atom is -0.388 e. The standard InChI is InChI=1S/C16H21N3O4/c1-18(13-9-23-10-14(20)16(13)22)15(21)6-7-19-12-5-3-2-4-11(12)8-17-19/h2-5,8,13-14,16,20,22H,6-7,9-10H2,1H3/t13-,14-,16+/m1/s1. The van der Waals surface area contributed by atoms with Crippen molar-refractivity contribution in [3.63, 3.8) is 0 Å². The molecule has 7 heteroatoms. The third kappa shape index (κ3) is 3.21. The molecule has 1 saturated heterocycles. The van der Waals surface area contributed by atoms with Crippen LogP contribution in [-0.4, -0.2) is 69.3 Å². The van der Waals surface area contributed by atoms with E-state index < -0.39 is 18.2 Å². The van der Waals surface area contributed by atoms with Gasteiger partial charge in [-0.3, -0.25) is 9.48 Å². The van der Waals surface area contributed by atoms with Gasteiger partial charge < -0.3 is 19.8 Å². The Hall–Kier alpha value is -1.96. The van der Waals surface area contributed by atoms with Gasteiger partial charge in [-0.1, -0.05) is 18.2 Å². The molecule has 3 rings (SSSR count). The van der Waals surface area contributed by atoms with Gasteiger partial charge in [-0.2, -0.15) is 5.10 Å². The molecule has 1 aliphatic rings. The van der Waals surface area contributed by atoms with Crippen molar-refractivity contribution in [1.82, 2.24) is 14.7 Å². The number of hydrogen-bond acceptors (Lipinski definition) is 5. The van der Waals surface area contributed by atoms with Crippen molar-refractivity contribution in [1.29, 1.82) is 0 Å². The number of nitrogens with zero attached hydrogens (tertiary/aromatic N) is 3. The van der Waals surface area contributed by atoms with E-state index in [9.17, 15) is 15.0 Å². The van der Waals surface area contributed by atoms with Crippen molar-refractivity contribution in [2.24, 2.45) is 0 Å². The number of carbonyl (C=O) groups excluding carboxylic acids is 1. The lowest BCUT2D eigenvalue weighted by molar-refractivity contribution is -0.153. The van der Waals surface area contributed by atoms with Crippen LogP contribution in [-0.2, 0) is 16.1 Å². The minimum absolute atomic E-state index is 0.0962. The van der Waals surface area contributed by atoms with Gasteiger partial charge in [0.15, 0.2) is 0 Å². The van der Waals surface area contributed by atoms with Gasteiger partial charge in [0.1, 0.15) is 12.2 Å². The predicted molar refractivity (Wildman–Crippen MR) is 83.7 cm³/mol. The number of carbonyl (C=O) groups is 1. The largest absolute Gasteiger partial charge is 0.388 e. The van der Waals surface area contributed by atoms with Crippen LogP contribution in [0.5, 0.6) is 0 Å².